The molecule has 1 N–H and O–H groups in total. The van der Waals surface area contributed by atoms with Gasteiger partial charge in [0.1, 0.15) is 22.6 Å². The summed E-state index contributed by atoms with van der Waals surface area (Å²) >= 11 is 0. The summed E-state index contributed by atoms with van der Waals surface area (Å²) in [5.41, 5.74) is 10.8. The first-order valence-corrected chi connectivity index (χ1v) is 15.4. The molecule has 0 aliphatic rings. The fourth-order valence-electron chi connectivity index (χ4n) is 6.39. The number of furan rings is 1. The van der Waals surface area contributed by atoms with Gasteiger partial charge in [0.05, 0.1) is 17.1 Å². The second-order valence-electron chi connectivity index (χ2n) is 11.5. The van der Waals surface area contributed by atoms with Gasteiger partial charge in [0.15, 0.2) is 5.65 Å². The molecule has 0 spiro atoms. The number of phenolic OH excluding ortho intramolecular Hbond substituents is 1. The van der Waals surface area contributed by atoms with Crippen molar-refractivity contribution in [1.29, 1.82) is 0 Å². The van der Waals surface area contributed by atoms with Crippen molar-refractivity contribution in [2.24, 2.45) is 0 Å². The van der Waals surface area contributed by atoms with Gasteiger partial charge in [-0.1, -0.05) is 91.0 Å². The molecule has 0 amide bonds. The van der Waals surface area contributed by atoms with Crippen LogP contribution in [0.25, 0.3) is 83.7 Å². The minimum Gasteiger partial charge on any atom is -0.507 e. The van der Waals surface area contributed by atoms with Gasteiger partial charge in [0.25, 0.3) is 0 Å². The van der Waals surface area contributed by atoms with E-state index in [-0.39, 0.29) is 5.75 Å². The molecule has 0 bridgehead atoms. The Hall–Kier alpha value is -6.53. The molecule has 0 aliphatic carbocycles. The van der Waals surface area contributed by atoms with Crippen molar-refractivity contribution in [3.63, 3.8) is 0 Å². The van der Waals surface area contributed by atoms with Gasteiger partial charge in [-0.25, -0.2) is 14.5 Å². The highest BCUT2D eigenvalue weighted by Gasteiger charge is 2.22. The number of para-hydroxylation sites is 2. The lowest BCUT2D eigenvalue weighted by molar-refractivity contribution is 0.477. The maximum Gasteiger partial charge on any atom is 0.154 e. The van der Waals surface area contributed by atoms with Gasteiger partial charge in [-0.3, -0.25) is 0 Å². The number of aromatic nitrogens is 4. The molecule has 222 valence electrons. The number of benzene rings is 5. The lowest BCUT2D eigenvalue weighted by Crippen LogP contribution is -1.94. The van der Waals surface area contributed by atoms with E-state index in [2.05, 4.69) is 53.6 Å². The Morgan fingerprint density at radius 2 is 1.23 bits per heavy atom. The molecule has 9 aromatic rings. The van der Waals surface area contributed by atoms with Crippen LogP contribution in [-0.2, 0) is 0 Å². The molecular weight excluding hydrogens is 580 g/mol. The summed E-state index contributed by atoms with van der Waals surface area (Å²) in [5.74, 6) is 0.170. The number of fused-ring (bicyclic) bond motifs is 4. The van der Waals surface area contributed by atoms with Gasteiger partial charge in [0.2, 0.25) is 0 Å². The van der Waals surface area contributed by atoms with Crippen LogP contribution >= 0.6 is 0 Å². The summed E-state index contributed by atoms with van der Waals surface area (Å²) in [6, 6.07) is 48.1. The highest BCUT2D eigenvalue weighted by Crippen LogP contribution is 2.43. The third kappa shape index (κ3) is 4.54. The smallest absolute Gasteiger partial charge is 0.154 e. The van der Waals surface area contributed by atoms with E-state index in [0.29, 0.717) is 11.3 Å². The van der Waals surface area contributed by atoms with Crippen molar-refractivity contribution in [2.75, 3.05) is 0 Å². The summed E-state index contributed by atoms with van der Waals surface area (Å²) in [6.07, 6.45) is 1.78. The standard InChI is InChI=1S/C41H26N4O2/c46-36-18-9-7-17-31(36)34-24-28(26-12-3-1-4-13-26)25-35(43-34)33-23-29(22-32-30-16-8-10-19-37(30)47-41(32)33)39-40(27-14-5-2-6-15-27)45-38(44-39)20-11-21-42-45/h1-25,46H. The lowest BCUT2D eigenvalue weighted by Gasteiger charge is -2.13. The zero-order valence-corrected chi connectivity index (χ0v) is 25.1. The minimum atomic E-state index is 0.170. The largest absolute Gasteiger partial charge is 0.507 e. The second-order valence-corrected chi connectivity index (χ2v) is 11.5. The molecule has 0 saturated carbocycles. The maximum absolute atomic E-state index is 10.9. The SMILES string of the molecule is Oc1ccccc1-c1cc(-c2ccccc2)cc(-c2cc(-c3nc4cccnn4c3-c3ccccc3)cc3c2oc2ccccc23)n1. The third-order valence-corrected chi connectivity index (χ3v) is 8.58. The van der Waals surface area contributed by atoms with E-state index in [0.717, 1.165) is 72.5 Å². The maximum atomic E-state index is 10.9. The van der Waals surface area contributed by atoms with Crippen LogP contribution in [0.4, 0.5) is 0 Å². The number of nitrogens with zero attached hydrogens (tertiary/aromatic N) is 4. The van der Waals surface area contributed by atoms with Crippen molar-refractivity contribution in [3.05, 3.63) is 152 Å². The number of aromatic hydroxyl groups is 1. The fraction of sp³-hybridized carbons (Fsp3) is 0. The van der Waals surface area contributed by atoms with Gasteiger partial charge in [-0.15, -0.1) is 0 Å². The van der Waals surface area contributed by atoms with Crippen LogP contribution < -0.4 is 0 Å². The molecule has 5 aromatic carbocycles. The average molecular weight is 607 g/mol. The summed E-state index contributed by atoms with van der Waals surface area (Å²) < 4.78 is 8.49. The summed E-state index contributed by atoms with van der Waals surface area (Å²) in [6.45, 7) is 0. The van der Waals surface area contributed by atoms with Crippen molar-refractivity contribution in [2.45, 2.75) is 0 Å². The van der Waals surface area contributed by atoms with Crippen LogP contribution in [-0.4, -0.2) is 24.7 Å². The van der Waals surface area contributed by atoms with E-state index in [1.54, 1.807) is 12.3 Å². The van der Waals surface area contributed by atoms with Crippen LogP contribution in [0.15, 0.2) is 156 Å². The molecule has 4 heterocycles. The Bertz CT molecular complexity index is 2590. The highest BCUT2D eigenvalue weighted by molar-refractivity contribution is 6.11. The van der Waals surface area contributed by atoms with E-state index in [1.807, 2.05) is 95.5 Å². The first kappa shape index (κ1) is 26.8. The molecule has 0 aliphatic heterocycles. The lowest BCUT2D eigenvalue weighted by atomic mass is 9.96. The topological polar surface area (TPSA) is 76.5 Å². The Labute approximate surface area is 269 Å². The molecule has 0 saturated heterocycles. The highest BCUT2D eigenvalue weighted by atomic mass is 16.3. The molecule has 4 aromatic heterocycles. The molecule has 0 radical (unpaired) electrons. The normalized spacial score (nSPS) is 11.5. The fourth-order valence-corrected chi connectivity index (χ4v) is 6.39. The zero-order chi connectivity index (χ0) is 31.3. The first-order valence-electron chi connectivity index (χ1n) is 15.4. The van der Waals surface area contributed by atoms with Crippen LogP contribution in [0.5, 0.6) is 5.75 Å². The van der Waals surface area contributed by atoms with E-state index >= 15 is 0 Å². The molecule has 0 fully saturated rings. The van der Waals surface area contributed by atoms with Gasteiger partial charge in [-0.2, -0.15) is 5.10 Å². The van der Waals surface area contributed by atoms with E-state index in [9.17, 15) is 5.11 Å². The molecule has 9 rings (SSSR count). The molecule has 6 nitrogen and oxygen atoms in total. The number of rotatable bonds is 5. The Balaban J connectivity index is 1.37. The zero-order valence-electron chi connectivity index (χ0n) is 25.1. The van der Waals surface area contributed by atoms with Crippen LogP contribution in [0, 0.1) is 0 Å². The third-order valence-electron chi connectivity index (χ3n) is 8.58. The van der Waals surface area contributed by atoms with Gasteiger partial charge in [0, 0.05) is 39.2 Å². The summed E-state index contributed by atoms with van der Waals surface area (Å²) in [4.78, 5) is 10.3. The van der Waals surface area contributed by atoms with E-state index in [1.165, 1.54) is 0 Å². The van der Waals surface area contributed by atoms with Gasteiger partial charge < -0.3 is 9.52 Å². The van der Waals surface area contributed by atoms with Crippen LogP contribution in [0.3, 0.4) is 0 Å². The monoisotopic (exact) mass is 606 g/mol. The number of pyridine rings is 1. The number of hydrogen-bond donors (Lipinski definition) is 1. The van der Waals surface area contributed by atoms with Crippen molar-refractivity contribution in [3.8, 4) is 61.9 Å². The Morgan fingerprint density at radius 1 is 0.532 bits per heavy atom. The molecular formula is C41H26N4O2. The second kappa shape index (κ2) is 10.8. The predicted octanol–water partition coefficient (Wildman–Crippen LogP) is 10.1. The molecule has 0 atom stereocenters. The van der Waals surface area contributed by atoms with Crippen molar-refractivity contribution < 1.29 is 9.52 Å². The molecule has 0 unspecified atom stereocenters. The number of phenols is 1. The van der Waals surface area contributed by atoms with E-state index in [4.69, 9.17) is 14.4 Å². The first-order chi connectivity index (χ1) is 23.2. The van der Waals surface area contributed by atoms with E-state index < -0.39 is 0 Å². The minimum absolute atomic E-state index is 0.170. The summed E-state index contributed by atoms with van der Waals surface area (Å²) in [7, 11) is 0. The molecule has 47 heavy (non-hydrogen) atoms. The van der Waals surface area contributed by atoms with Crippen LogP contribution in [0.1, 0.15) is 0 Å². The summed E-state index contributed by atoms with van der Waals surface area (Å²) in [5, 5.41) is 17.5. The quantitative estimate of drug-likeness (QED) is 0.211. The number of hydrogen-bond acceptors (Lipinski definition) is 5. The van der Waals surface area contributed by atoms with Crippen molar-refractivity contribution in [1.82, 2.24) is 19.6 Å². The average Bonchev–Trinajstić information content (AvgIpc) is 3.71. The van der Waals surface area contributed by atoms with Crippen LogP contribution in [0.2, 0.25) is 0 Å². The Kier molecular flexibility index (Phi) is 6.18. The molecule has 6 heteroatoms. The van der Waals surface area contributed by atoms with Gasteiger partial charge >= 0.3 is 0 Å². The predicted molar refractivity (Wildman–Crippen MR) is 187 cm³/mol. The Morgan fingerprint density at radius 3 is 2.04 bits per heavy atom. The van der Waals surface area contributed by atoms with Crippen molar-refractivity contribution >= 4 is 27.6 Å². The number of imidazole rings is 1. The van der Waals surface area contributed by atoms with Gasteiger partial charge in [-0.05, 0) is 65.7 Å².